The molecule has 0 fully saturated rings. The largest absolute Gasteiger partial charge is 0.416 e. The Morgan fingerprint density at radius 2 is 2.04 bits per heavy atom. The maximum atomic E-state index is 12.3. The van der Waals surface area contributed by atoms with Crippen molar-refractivity contribution >= 4 is 22.6 Å². The topological polar surface area (TPSA) is 65.5 Å². The Labute approximate surface area is 134 Å². The first-order valence-corrected chi connectivity index (χ1v) is 7.33. The monoisotopic (exact) mass is 345 g/mol. The van der Waals surface area contributed by atoms with E-state index in [4.69, 9.17) is 5.11 Å². The van der Waals surface area contributed by atoms with Crippen LogP contribution in [-0.4, -0.2) is 46.3 Å². The van der Waals surface area contributed by atoms with E-state index < -0.39 is 24.9 Å². The molecule has 1 unspecified atom stereocenters. The lowest BCUT2D eigenvalue weighted by Crippen LogP contribution is -2.43. The van der Waals surface area contributed by atoms with Gasteiger partial charge < -0.3 is 10.0 Å². The molecule has 23 heavy (non-hydrogen) atoms. The molecule has 0 aliphatic carbocycles. The number of anilines is 1. The standard InChI is InChI=1S/C14H14F3N3O2S/c1-20(8-11(21)14(15,16)17)13(22)18-12-7-10(19-23-12)9-5-3-2-4-6-9/h2-7,11,21H,8H2,1H3,(H,18,22). The number of aliphatic hydroxyl groups is 1. The second-order valence-electron chi connectivity index (χ2n) is 4.81. The predicted octanol–water partition coefficient (Wildman–Crippen LogP) is 3.20. The third-order valence-corrected chi connectivity index (χ3v) is 3.69. The number of hydrogen-bond donors (Lipinski definition) is 2. The van der Waals surface area contributed by atoms with Gasteiger partial charge in [-0.25, -0.2) is 4.79 Å². The van der Waals surface area contributed by atoms with Gasteiger partial charge in [0, 0.05) is 18.7 Å². The van der Waals surface area contributed by atoms with Gasteiger partial charge in [-0.3, -0.25) is 5.32 Å². The van der Waals surface area contributed by atoms with Crippen LogP contribution in [-0.2, 0) is 0 Å². The van der Waals surface area contributed by atoms with Crippen LogP contribution in [0.25, 0.3) is 11.3 Å². The second-order valence-corrected chi connectivity index (χ2v) is 5.62. The SMILES string of the molecule is CN(CC(O)C(F)(F)F)C(=O)Nc1cc(-c2ccccc2)ns1. The summed E-state index contributed by atoms with van der Waals surface area (Å²) in [6.45, 7) is -0.848. The van der Waals surface area contributed by atoms with Gasteiger partial charge in [0.1, 0.15) is 5.00 Å². The first kappa shape index (κ1) is 17.2. The molecule has 1 aromatic heterocycles. The van der Waals surface area contributed by atoms with Gasteiger partial charge in [0.05, 0.1) is 12.2 Å². The number of hydrogen-bond acceptors (Lipinski definition) is 4. The maximum absolute atomic E-state index is 12.3. The van der Waals surface area contributed by atoms with Crippen molar-refractivity contribution in [1.29, 1.82) is 0 Å². The molecular weight excluding hydrogens is 331 g/mol. The third kappa shape index (κ3) is 4.67. The van der Waals surface area contributed by atoms with E-state index in [0.29, 0.717) is 10.7 Å². The van der Waals surface area contributed by atoms with Gasteiger partial charge in [-0.1, -0.05) is 30.3 Å². The number of alkyl halides is 3. The highest BCUT2D eigenvalue weighted by molar-refractivity contribution is 7.10. The lowest BCUT2D eigenvalue weighted by Gasteiger charge is -2.22. The molecule has 0 bridgehead atoms. The van der Waals surface area contributed by atoms with Crippen LogP contribution in [0, 0.1) is 0 Å². The summed E-state index contributed by atoms with van der Waals surface area (Å²) in [5, 5.41) is 11.8. The number of benzene rings is 1. The fraction of sp³-hybridized carbons (Fsp3) is 0.286. The minimum absolute atomic E-state index is 0.405. The van der Waals surface area contributed by atoms with E-state index in [1.165, 1.54) is 7.05 Å². The first-order chi connectivity index (χ1) is 10.8. The van der Waals surface area contributed by atoms with Gasteiger partial charge >= 0.3 is 12.2 Å². The number of rotatable bonds is 4. The molecule has 1 heterocycles. The Bertz CT molecular complexity index is 661. The number of likely N-dealkylation sites (N-methyl/N-ethyl adjacent to an activating group) is 1. The molecule has 0 saturated heterocycles. The number of carbonyl (C=O) groups excluding carboxylic acids is 1. The van der Waals surface area contributed by atoms with Crippen molar-refractivity contribution in [1.82, 2.24) is 9.27 Å². The van der Waals surface area contributed by atoms with E-state index in [0.717, 1.165) is 22.0 Å². The molecule has 0 radical (unpaired) electrons. The molecule has 0 spiro atoms. The Kier molecular flexibility index (Phi) is 5.22. The quantitative estimate of drug-likeness (QED) is 0.894. The van der Waals surface area contributed by atoms with Crippen LogP contribution >= 0.6 is 11.5 Å². The number of aliphatic hydroxyl groups excluding tert-OH is 1. The van der Waals surface area contributed by atoms with Crippen molar-refractivity contribution in [3.63, 3.8) is 0 Å². The van der Waals surface area contributed by atoms with Gasteiger partial charge in [0.15, 0.2) is 6.10 Å². The third-order valence-electron chi connectivity index (χ3n) is 2.98. The van der Waals surface area contributed by atoms with Gasteiger partial charge in [-0.2, -0.15) is 17.5 Å². The van der Waals surface area contributed by atoms with Crippen LogP contribution in [0.1, 0.15) is 0 Å². The van der Waals surface area contributed by atoms with Crippen molar-refractivity contribution in [3.8, 4) is 11.3 Å². The van der Waals surface area contributed by atoms with Crippen molar-refractivity contribution in [2.75, 3.05) is 18.9 Å². The average Bonchev–Trinajstić information content (AvgIpc) is 2.95. The molecule has 124 valence electrons. The van der Waals surface area contributed by atoms with E-state index >= 15 is 0 Å². The Morgan fingerprint density at radius 3 is 2.65 bits per heavy atom. The minimum atomic E-state index is -4.76. The summed E-state index contributed by atoms with van der Waals surface area (Å²) < 4.78 is 41.0. The van der Waals surface area contributed by atoms with E-state index in [1.807, 2.05) is 30.3 Å². The van der Waals surface area contributed by atoms with E-state index in [-0.39, 0.29) is 0 Å². The molecular formula is C14H14F3N3O2S. The Balaban J connectivity index is 1.97. The van der Waals surface area contributed by atoms with Gasteiger partial charge in [-0.05, 0) is 11.5 Å². The number of halogens is 3. The molecule has 0 aliphatic rings. The molecule has 0 aliphatic heterocycles. The summed E-state index contributed by atoms with van der Waals surface area (Å²) in [6.07, 6.45) is -7.35. The second kappa shape index (κ2) is 6.97. The van der Waals surface area contributed by atoms with Crippen molar-refractivity contribution < 1.29 is 23.1 Å². The molecule has 2 rings (SSSR count). The van der Waals surface area contributed by atoms with E-state index in [2.05, 4.69) is 9.69 Å². The van der Waals surface area contributed by atoms with Crippen LogP contribution in [0.3, 0.4) is 0 Å². The summed E-state index contributed by atoms with van der Waals surface area (Å²) >= 11 is 1.02. The van der Waals surface area contributed by atoms with Crippen LogP contribution in [0.15, 0.2) is 36.4 Å². The number of urea groups is 1. The zero-order valence-electron chi connectivity index (χ0n) is 12.0. The number of nitrogens with one attached hydrogen (secondary N) is 1. The highest BCUT2D eigenvalue weighted by atomic mass is 32.1. The van der Waals surface area contributed by atoms with Gasteiger partial charge in [0.25, 0.3) is 0 Å². The molecule has 2 amide bonds. The number of carbonyl (C=O) groups is 1. The van der Waals surface area contributed by atoms with Gasteiger partial charge in [0.2, 0.25) is 0 Å². The predicted molar refractivity (Wildman–Crippen MR) is 81.3 cm³/mol. The van der Waals surface area contributed by atoms with Crippen LogP contribution in [0.5, 0.6) is 0 Å². The first-order valence-electron chi connectivity index (χ1n) is 6.56. The summed E-state index contributed by atoms with van der Waals surface area (Å²) in [6, 6.07) is 10.1. The van der Waals surface area contributed by atoms with Gasteiger partial charge in [-0.15, -0.1) is 0 Å². The fourth-order valence-corrected chi connectivity index (χ4v) is 2.38. The van der Waals surface area contributed by atoms with Crippen molar-refractivity contribution in [3.05, 3.63) is 36.4 Å². The molecule has 0 saturated carbocycles. The molecule has 2 aromatic rings. The van der Waals surface area contributed by atoms with E-state index in [1.54, 1.807) is 6.07 Å². The smallest absolute Gasteiger partial charge is 0.382 e. The van der Waals surface area contributed by atoms with Crippen molar-refractivity contribution in [2.45, 2.75) is 12.3 Å². The minimum Gasteiger partial charge on any atom is -0.382 e. The van der Waals surface area contributed by atoms with Crippen LogP contribution in [0.2, 0.25) is 0 Å². The van der Waals surface area contributed by atoms with Crippen molar-refractivity contribution in [2.24, 2.45) is 0 Å². The summed E-state index contributed by atoms with van der Waals surface area (Å²) in [4.78, 5) is 12.6. The highest BCUT2D eigenvalue weighted by Crippen LogP contribution is 2.25. The Hall–Kier alpha value is -2.13. The zero-order valence-corrected chi connectivity index (χ0v) is 12.9. The van der Waals surface area contributed by atoms with Crippen LogP contribution < -0.4 is 5.32 Å². The lowest BCUT2D eigenvalue weighted by atomic mass is 10.2. The number of aromatic nitrogens is 1. The summed E-state index contributed by atoms with van der Waals surface area (Å²) in [5.41, 5.74) is 1.52. The maximum Gasteiger partial charge on any atom is 0.416 e. The lowest BCUT2D eigenvalue weighted by molar-refractivity contribution is -0.205. The fourth-order valence-electron chi connectivity index (χ4n) is 1.73. The Morgan fingerprint density at radius 1 is 1.39 bits per heavy atom. The number of amides is 2. The molecule has 2 N–H and O–H groups in total. The molecule has 1 atom stereocenters. The number of nitrogens with zero attached hydrogens (tertiary/aromatic N) is 2. The summed E-state index contributed by atoms with van der Waals surface area (Å²) in [7, 11) is 1.17. The normalized spacial score (nSPS) is 12.7. The van der Waals surface area contributed by atoms with Crippen LogP contribution in [0.4, 0.5) is 23.0 Å². The molecule has 5 nitrogen and oxygen atoms in total. The van der Waals surface area contributed by atoms with E-state index in [9.17, 15) is 18.0 Å². The zero-order chi connectivity index (χ0) is 17.0. The summed E-state index contributed by atoms with van der Waals surface area (Å²) in [5.74, 6) is 0. The molecule has 1 aromatic carbocycles. The molecule has 9 heteroatoms. The highest BCUT2D eigenvalue weighted by Gasteiger charge is 2.39. The average molecular weight is 345 g/mol.